The molecule has 0 radical (unpaired) electrons. The molecule has 0 aliphatic heterocycles. The van der Waals surface area contributed by atoms with E-state index in [1.807, 2.05) is 0 Å². The predicted molar refractivity (Wildman–Crippen MR) is 85.2 cm³/mol. The summed E-state index contributed by atoms with van der Waals surface area (Å²) in [5.41, 5.74) is 7.53. The molecule has 0 saturated heterocycles. The summed E-state index contributed by atoms with van der Waals surface area (Å²) in [4.78, 5) is 14.1. The number of aromatic nitrogens is 3. The maximum absolute atomic E-state index is 12.3. The molecule has 2 heterocycles. The number of fused-ring (bicyclic) bond motifs is 1. The van der Waals surface area contributed by atoms with Gasteiger partial charge in [-0.2, -0.15) is 18.3 Å². The Kier molecular flexibility index (Phi) is 4.47. The standard InChI is InChI=1S/C15H12F3N5O3/c16-15(17,18)7-26-6-10-5-22-13(14(19)20-8-21-22)12(10)9-1-3-11(4-2-9)23(24)25/h1-5,8H,6-7H2,(H2,19,20,21). The van der Waals surface area contributed by atoms with Gasteiger partial charge in [0, 0.05) is 29.5 Å². The number of ether oxygens (including phenoxy) is 1. The Bertz CT molecular complexity index is 954. The highest BCUT2D eigenvalue weighted by Gasteiger charge is 2.28. The predicted octanol–water partition coefficient (Wildman–Crippen LogP) is 2.97. The fraction of sp³-hybridized carbons (Fsp3) is 0.200. The van der Waals surface area contributed by atoms with Crippen molar-refractivity contribution in [2.45, 2.75) is 12.8 Å². The summed E-state index contributed by atoms with van der Waals surface area (Å²) in [5.74, 6) is 0.121. The first-order valence-corrected chi connectivity index (χ1v) is 7.26. The summed E-state index contributed by atoms with van der Waals surface area (Å²) in [7, 11) is 0. The first kappa shape index (κ1) is 17.6. The van der Waals surface area contributed by atoms with E-state index in [-0.39, 0.29) is 18.1 Å². The van der Waals surface area contributed by atoms with Crippen molar-refractivity contribution in [2.24, 2.45) is 0 Å². The number of benzene rings is 1. The highest BCUT2D eigenvalue weighted by Crippen LogP contribution is 2.34. The fourth-order valence-electron chi connectivity index (χ4n) is 2.54. The van der Waals surface area contributed by atoms with Crippen LogP contribution in [-0.4, -0.2) is 32.3 Å². The zero-order valence-electron chi connectivity index (χ0n) is 13.1. The van der Waals surface area contributed by atoms with E-state index in [0.29, 0.717) is 22.2 Å². The molecule has 26 heavy (non-hydrogen) atoms. The smallest absolute Gasteiger partial charge is 0.382 e. The van der Waals surface area contributed by atoms with Crippen LogP contribution >= 0.6 is 0 Å². The maximum atomic E-state index is 12.3. The number of nitrogens with two attached hydrogens (primary N) is 1. The van der Waals surface area contributed by atoms with Gasteiger partial charge in [0.2, 0.25) is 0 Å². The van der Waals surface area contributed by atoms with Crippen LogP contribution in [0.1, 0.15) is 5.56 Å². The number of hydrogen-bond acceptors (Lipinski definition) is 6. The summed E-state index contributed by atoms with van der Waals surface area (Å²) < 4.78 is 43.1. The van der Waals surface area contributed by atoms with Gasteiger partial charge in [0.1, 0.15) is 18.5 Å². The molecule has 3 rings (SSSR count). The van der Waals surface area contributed by atoms with E-state index in [0.717, 1.165) is 0 Å². The first-order chi connectivity index (χ1) is 12.3. The van der Waals surface area contributed by atoms with Gasteiger partial charge in [-0.05, 0) is 17.7 Å². The number of non-ortho nitro benzene ring substituents is 1. The normalized spacial score (nSPS) is 11.8. The molecule has 0 atom stereocenters. The summed E-state index contributed by atoms with van der Waals surface area (Å²) in [5, 5.41) is 14.8. The van der Waals surface area contributed by atoms with Crippen LogP contribution in [0.3, 0.4) is 0 Å². The number of alkyl halides is 3. The Balaban J connectivity index is 2.05. The van der Waals surface area contributed by atoms with Crippen LogP contribution in [0.5, 0.6) is 0 Å². The minimum atomic E-state index is -4.45. The van der Waals surface area contributed by atoms with Crippen molar-refractivity contribution in [3.05, 3.63) is 52.5 Å². The molecule has 0 fully saturated rings. The lowest BCUT2D eigenvalue weighted by Crippen LogP contribution is -2.16. The van der Waals surface area contributed by atoms with E-state index in [1.165, 1.54) is 41.3 Å². The molecule has 0 amide bonds. The van der Waals surface area contributed by atoms with Gasteiger partial charge < -0.3 is 10.5 Å². The molecular formula is C15H12F3N5O3. The number of nitro benzene ring substituents is 1. The Morgan fingerprint density at radius 2 is 1.96 bits per heavy atom. The van der Waals surface area contributed by atoms with E-state index in [9.17, 15) is 23.3 Å². The summed E-state index contributed by atoms with van der Waals surface area (Å²) in [6, 6.07) is 5.54. The molecule has 2 aromatic heterocycles. The molecule has 0 aliphatic carbocycles. The minimum absolute atomic E-state index is 0.114. The molecule has 0 bridgehead atoms. The van der Waals surface area contributed by atoms with Gasteiger partial charge in [-0.25, -0.2) is 9.50 Å². The van der Waals surface area contributed by atoms with Gasteiger partial charge in [0.05, 0.1) is 11.5 Å². The third kappa shape index (κ3) is 3.57. The van der Waals surface area contributed by atoms with Gasteiger partial charge in [0.25, 0.3) is 5.69 Å². The Morgan fingerprint density at radius 3 is 2.58 bits per heavy atom. The highest BCUT2D eigenvalue weighted by molar-refractivity contribution is 5.90. The van der Waals surface area contributed by atoms with Crippen LogP contribution in [-0.2, 0) is 11.3 Å². The maximum Gasteiger partial charge on any atom is 0.411 e. The third-order valence-electron chi connectivity index (χ3n) is 3.57. The van der Waals surface area contributed by atoms with E-state index in [4.69, 9.17) is 10.5 Å². The monoisotopic (exact) mass is 367 g/mol. The van der Waals surface area contributed by atoms with Crippen LogP contribution in [0.2, 0.25) is 0 Å². The number of anilines is 1. The van der Waals surface area contributed by atoms with Crippen molar-refractivity contribution in [3.8, 4) is 11.1 Å². The average Bonchev–Trinajstić information content (AvgIpc) is 2.93. The number of nitrogen functional groups attached to an aromatic ring is 1. The van der Waals surface area contributed by atoms with Gasteiger partial charge >= 0.3 is 6.18 Å². The number of nitrogens with zero attached hydrogens (tertiary/aromatic N) is 4. The second-order valence-corrected chi connectivity index (χ2v) is 5.38. The molecule has 136 valence electrons. The number of nitro groups is 1. The van der Waals surface area contributed by atoms with Gasteiger partial charge in [0.15, 0.2) is 5.82 Å². The van der Waals surface area contributed by atoms with E-state index in [2.05, 4.69) is 10.1 Å². The molecule has 3 aromatic rings. The van der Waals surface area contributed by atoms with Crippen molar-refractivity contribution >= 4 is 17.0 Å². The Labute approximate surface area is 144 Å². The Hall–Kier alpha value is -3.21. The van der Waals surface area contributed by atoms with Gasteiger partial charge in [-0.15, -0.1) is 0 Å². The van der Waals surface area contributed by atoms with Crippen molar-refractivity contribution < 1.29 is 22.8 Å². The second kappa shape index (κ2) is 6.59. The van der Waals surface area contributed by atoms with Crippen molar-refractivity contribution in [2.75, 3.05) is 12.3 Å². The second-order valence-electron chi connectivity index (χ2n) is 5.38. The van der Waals surface area contributed by atoms with E-state index < -0.39 is 17.7 Å². The lowest BCUT2D eigenvalue weighted by Gasteiger charge is -2.09. The SMILES string of the molecule is Nc1ncnn2cc(COCC(F)(F)F)c(-c3ccc([N+](=O)[O-])cc3)c12. The topological polar surface area (TPSA) is 109 Å². The van der Waals surface area contributed by atoms with Crippen molar-refractivity contribution in [1.29, 1.82) is 0 Å². The zero-order valence-corrected chi connectivity index (χ0v) is 13.1. The quantitative estimate of drug-likeness (QED) is 0.549. The molecule has 0 unspecified atom stereocenters. The number of halogens is 3. The molecule has 0 saturated carbocycles. The lowest BCUT2D eigenvalue weighted by molar-refractivity contribution is -0.384. The van der Waals surface area contributed by atoms with Crippen molar-refractivity contribution in [3.63, 3.8) is 0 Å². The van der Waals surface area contributed by atoms with E-state index >= 15 is 0 Å². The summed E-state index contributed by atoms with van der Waals surface area (Å²) in [6.07, 6.45) is -1.76. The number of rotatable bonds is 5. The van der Waals surface area contributed by atoms with Crippen molar-refractivity contribution in [1.82, 2.24) is 14.6 Å². The molecule has 0 aliphatic rings. The zero-order chi connectivity index (χ0) is 18.9. The average molecular weight is 367 g/mol. The number of hydrogen-bond donors (Lipinski definition) is 1. The molecule has 11 heteroatoms. The van der Waals surface area contributed by atoms with Gasteiger partial charge in [-0.1, -0.05) is 0 Å². The highest BCUT2D eigenvalue weighted by atomic mass is 19.4. The molecule has 0 spiro atoms. The summed E-state index contributed by atoms with van der Waals surface area (Å²) >= 11 is 0. The van der Waals surface area contributed by atoms with Crippen LogP contribution in [0.25, 0.3) is 16.6 Å². The first-order valence-electron chi connectivity index (χ1n) is 7.26. The van der Waals surface area contributed by atoms with Crippen LogP contribution < -0.4 is 5.73 Å². The van der Waals surface area contributed by atoms with Crippen LogP contribution in [0.4, 0.5) is 24.7 Å². The third-order valence-corrected chi connectivity index (χ3v) is 3.57. The minimum Gasteiger partial charge on any atom is -0.382 e. The largest absolute Gasteiger partial charge is 0.411 e. The molecule has 8 nitrogen and oxygen atoms in total. The fourth-order valence-corrected chi connectivity index (χ4v) is 2.54. The summed E-state index contributed by atoms with van der Waals surface area (Å²) in [6.45, 7) is -1.74. The molecular weight excluding hydrogens is 355 g/mol. The van der Waals surface area contributed by atoms with Gasteiger partial charge in [-0.3, -0.25) is 10.1 Å². The van der Waals surface area contributed by atoms with E-state index in [1.54, 1.807) is 0 Å². The lowest BCUT2D eigenvalue weighted by atomic mass is 10.0. The van der Waals surface area contributed by atoms with Crippen LogP contribution in [0.15, 0.2) is 36.8 Å². The Morgan fingerprint density at radius 1 is 1.27 bits per heavy atom. The molecule has 1 aromatic carbocycles. The molecule has 2 N–H and O–H groups in total. The van der Waals surface area contributed by atoms with Crippen LogP contribution in [0, 0.1) is 10.1 Å².